The van der Waals surface area contributed by atoms with Crippen LogP contribution < -0.4 is 14.8 Å². The number of carbonyl (C=O) groups is 2. The number of hydrogen-bond donors (Lipinski definition) is 2. The van der Waals surface area contributed by atoms with Gasteiger partial charge in [-0.05, 0) is 25.0 Å². The van der Waals surface area contributed by atoms with E-state index < -0.39 is 17.8 Å². The van der Waals surface area contributed by atoms with E-state index in [0.29, 0.717) is 43.2 Å². The minimum absolute atomic E-state index is 0.284. The summed E-state index contributed by atoms with van der Waals surface area (Å²) in [6.07, 6.45) is 4.49. The fourth-order valence-electron chi connectivity index (χ4n) is 2.73. The zero-order valence-electron chi connectivity index (χ0n) is 12.0. The number of anilines is 1. The number of carbonyl (C=O) groups excluding carboxylic acids is 1. The number of carboxylic acids is 1. The maximum atomic E-state index is 12.4. The highest BCUT2D eigenvalue weighted by Gasteiger charge is 2.34. The molecule has 1 amide bonds. The van der Waals surface area contributed by atoms with E-state index in [0.717, 1.165) is 0 Å². The number of allylic oxidation sites excluding steroid dienone is 2. The molecule has 0 spiro atoms. The molecule has 1 aromatic rings. The molecule has 2 aliphatic rings. The molecule has 2 N–H and O–H groups in total. The number of ether oxygens (including phenoxy) is 2. The highest BCUT2D eigenvalue weighted by molar-refractivity contribution is 5.95. The summed E-state index contributed by atoms with van der Waals surface area (Å²) in [6.45, 7) is 0.978. The van der Waals surface area contributed by atoms with Gasteiger partial charge in [-0.1, -0.05) is 12.2 Å². The molecule has 6 heteroatoms. The van der Waals surface area contributed by atoms with E-state index in [1.165, 1.54) is 0 Å². The van der Waals surface area contributed by atoms with Gasteiger partial charge in [0.1, 0.15) is 13.2 Å². The van der Waals surface area contributed by atoms with Gasteiger partial charge in [0.2, 0.25) is 5.91 Å². The summed E-state index contributed by atoms with van der Waals surface area (Å²) in [6, 6.07) is 5.15. The van der Waals surface area contributed by atoms with Crippen molar-refractivity contribution in [3.05, 3.63) is 30.4 Å². The second-order valence-corrected chi connectivity index (χ2v) is 5.34. The van der Waals surface area contributed by atoms with E-state index in [-0.39, 0.29) is 5.91 Å². The molecular weight excluding hydrogens is 286 g/mol. The smallest absolute Gasteiger partial charge is 0.307 e. The number of amides is 1. The van der Waals surface area contributed by atoms with Gasteiger partial charge in [0.25, 0.3) is 0 Å². The normalized spacial score (nSPS) is 22.9. The van der Waals surface area contributed by atoms with Crippen molar-refractivity contribution in [3.8, 4) is 11.5 Å². The maximum Gasteiger partial charge on any atom is 0.307 e. The van der Waals surface area contributed by atoms with Crippen LogP contribution in [-0.2, 0) is 9.59 Å². The Morgan fingerprint density at radius 2 is 1.73 bits per heavy atom. The summed E-state index contributed by atoms with van der Waals surface area (Å²) in [5.41, 5.74) is 0.577. The second kappa shape index (κ2) is 6.09. The summed E-state index contributed by atoms with van der Waals surface area (Å²) >= 11 is 0. The van der Waals surface area contributed by atoms with Gasteiger partial charge in [0, 0.05) is 11.8 Å². The van der Waals surface area contributed by atoms with Crippen LogP contribution in [0.5, 0.6) is 11.5 Å². The number of rotatable bonds is 3. The third-order valence-electron chi connectivity index (χ3n) is 3.90. The van der Waals surface area contributed by atoms with Gasteiger partial charge >= 0.3 is 5.97 Å². The number of fused-ring (bicyclic) bond motifs is 1. The van der Waals surface area contributed by atoms with Gasteiger partial charge in [-0.3, -0.25) is 9.59 Å². The van der Waals surface area contributed by atoms with Crippen LogP contribution in [0.15, 0.2) is 30.4 Å². The minimum Gasteiger partial charge on any atom is -0.486 e. The average molecular weight is 303 g/mol. The zero-order chi connectivity index (χ0) is 15.5. The molecule has 2 atom stereocenters. The predicted octanol–water partition coefficient (Wildman–Crippen LogP) is 2.06. The first kappa shape index (κ1) is 14.4. The van der Waals surface area contributed by atoms with Crippen molar-refractivity contribution in [1.29, 1.82) is 0 Å². The number of hydrogen-bond acceptors (Lipinski definition) is 4. The van der Waals surface area contributed by atoms with E-state index >= 15 is 0 Å². The molecule has 1 aliphatic heterocycles. The van der Waals surface area contributed by atoms with Crippen LogP contribution in [0, 0.1) is 11.8 Å². The van der Waals surface area contributed by atoms with E-state index in [9.17, 15) is 14.7 Å². The van der Waals surface area contributed by atoms with Gasteiger partial charge in [-0.25, -0.2) is 0 Å². The Morgan fingerprint density at radius 1 is 1.05 bits per heavy atom. The monoisotopic (exact) mass is 303 g/mol. The lowest BCUT2D eigenvalue weighted by atomic mass is 9.82. The zero-order valence-corrected chi connectivity index (χ0v) is 12.0. The molecule has 1 aromatic carbocycles. The largest absolute Gasteiger partial charge is 0.486 e. The summed E-state index contributed by atoms with van der Waals surface area (Å²) < 4.78 is 10.9. The molecule has 0 saturated heterocycles. The molecular formula is C16H17NO5. The first-order chi connectivity index (χ1) is 10.6. The fraction of sp³-hybridized carbons (Fsp3) is 0.375. The highest BCUT2D eigenvalue weighted by Crippen LogP contribution is 2.33. The third-order valence-corrected chi connectivity index (χ3v) is 3.90. The third kappa shape index (κ3) is 2.90. The Balaban J connectivity index is 1.73. The lowest BCUT2D eigenvalue weighted by molar-refractivity contribution is -0.146. The summed E-state index contributed by atoms with van der Waals surface area (Å²) in [5, 5.41) is 12.0. The second-order valence-electron chi connectivity index (χ2n) is 5.34. The lowest BCUT2D eigenvalue weighted by Gasteiger charge is -2.24. The molecule has 1 heterocycles. The van der Waals surface area contributed by atoms with Crippen LogP contribution in [0.25, 0.3) is 0 Å². The summed E-state index contributed by atoms with van der Waals surface area (Å²) in [7, 11) is 0. The maximum absolute atomic E-state index is 12.4. The van der Waals surface area contributed by atoms with E-state index in [1.54, 1.807) is 18.2 Å². The summed E-state index contributed by atoms with van der Waals surface area (Å²) in [4.78, 5) is 23.6. The molecule has 0 aromatic heterocycles. The van der Waals surface area contributed by atoms with E-state index in [4.69, 9.17) is 9.47 Å². The molecule has 0 saturated carbocycles. The molecule has 22 heavy (non-hydrogen) atoms. The Bertz CT molecular complexity index is 625. The van der Waals surface area contributed by atoms with Gasteiger partial charge in [-0.15, -0.1) is 0 Å². The van der Waals surface area contributed by atoms with Crippen LogP contribution in [-0.4, -0.2) is 30.2 Å². The SMILES string of the molecule is O=C(O)[C@@H]1CC=CC[C@H]1C(=O)Nc1ccc2c(c1)OCCO2. The number of carboxylic acid groups (broad SMARTS) is 1. The molecule has 0 radical (unpaired) electrons. The Labute approximate surface area is 127 Å². The lowest BCUT2D eigenvalue weighted by Crippen LogP contribution is -2.34. The molecule has 1 aliphatic carbocycles. The molecule has 0 unspecified atom stereocenters. The van der Waals surface area contributed by atoms with Crippen molar-refractivity contribution in [2.24, 2.45) is 11.8 Å². The van der Waals surface area contributed by atoms with Crippen molar-refractivity contribution in [2.45, 2.75) is 12.8 Å². The summed E-state index contributed by atoms with van der Waals surface area (Å²) in [5.74, 6) is -1.23. The van der Waals surface area contributed by atoms with Gasteiger partial charge in [0.15, 0.2) is 11.5 Å². The van der Waals surface area contributed by atoms with Crippen LogP contribution in [0.2, 0.25) is 0 Å². The topological polar surface area (TPSA) is 84.9 Å². The van der Waals surface area contributed by atoms with Crippen LogP contribution >= 0.6 is 0 Å². The van der Waals surface area contributed by atoms with Crippen molar-refractivity contribution in [3.63, 3.8) is 0 Å². The molecule has 116 valence electrons. The number of aliphatic carboxylic acids is 1. The Morgan fingerprint density at radius 3 is 2.45 bits per heavy atom. The first-order valence-electron chi connectivity index (χ1n) is 7.23. The number of benzene rings is 1. The number of nitrogens with one attached hydrogen (secondary N) is 1. The van der Waals surface area contributed by atoms with Gasteiger partial charge in [-0.2, -0.15) is 0 Å². The highest BCUT2D eigenvalue weighted by atomic mass is 16.6. The molecule has 6 nitrogen and oxygen atoms in total. The molecule has 3 rings (SSSR count). The van der Waals surface area contributed by atoms with Crippen molar-refractivity contribution >= 4 is 17.6 Å². The van der Waals surface area contributed by atoms with E-state index in [1.807, 2.05) is 12.2 Å². The molecule has 0 bridgehead atoms. The fourth-order valence-corrected chi connectivity index (χ4v) is 2.73. The van der Waals surface area contributed by atoms with E-state index in [2.05, 4.69) is 5.32 Å². The Hall–Kier alpha value is -2.50. The first-order valence-corrected chi connectivity index (χ1v) is 7.23. The standard InChI is InChI=1S/C16H17NO5/c18-15(11-3-1-2-4-12(11)16(19)20)17-10-5-6-13-14(9-10)22-8-7-21-13/h1-2,5-6,9,11-12H,3-4,7-8H2,(H,17,18)(H,19,20)/t11-,12-/m1/s1. The average Bonchev–Trinajstić information content (AvgIpc) is 2.54. The van der Waals surface area contributed by atoms with Crippen LogP contribution in [0.3, 0.4) is 0 Å². The van der Waals surface area contributed by atoms with Crippen molar-refractivity contribution in [2.75, 3.05) is 18.5 Å². The van der Waals surface area contributed by atoms with Crippen LogP contribution in [0.1, 0.15) is 12.8 Å². The quantitative estimate of drug-likeness (QED) is 0.835. The minimum atomic E-state index is -0.938. The van der Waals surface area contributed by atoms with Gasteiger partial charge < -0.3 is 19.9 Å². The molecule has 0 fully saturated rings. The van der Waals surface area contributed by atoms with Gasteiger partial charge in [0.05, 0.1) is 11.8 Å². The van der Waals surface area contributed by atoms with Crippen molar-refractivity contribution < 1.29 is 24.2 Å². The van der Waals surface area contributed by atoms with Crippen molar-refractivity contribution in [1.82, 2.24) is 0 Å². The predicted molar refractivity (Wildman–Crippen MR) is 79.1 cm³/mol. The van der Waals surface area contributed by atoms with Crippen LogP contribution in [0.4, 0.5) is 5.69 Å². The Kier molecular flexibility index (Phi) is 4.00.